The van der Waals surface area contributed by atoms with E-state index in [0.29, 0.717) is 28.1 Å². The Morgan fingerprint density at radius 1 is 1.18 bits per heavy atom. The van der Waals surface area contributed by atoms with Crippen LogP contribution in [0.4, 0.5) is 17.6 Å². The van der Waals surface area contributed by atoms with E-state index in [4.69, 9.17) is 15.2 Å². The monoisotopic (exact) mass is 630 g/mol. The zero-order chi connectivity index (χ0) is 31.6. The van der Waals surface area contributed by atoms with Gasteiger partial charge in [-0.25, -0.2) is 14.4 Å². The highest BCUT2D eigenvalue weighted by Crippen LogP contribution is 2.56. The second-order valence-corrected chi connectivity index (χ2v) is 12.2. The lowest BCUT2D eigenvalue weighted by molar-refractivity contribution is -0.265. The highest BCUT2D eigenvalue weighted by molar-refractivity contribution is 7.18. The van der Waals surface area contributed by atoms with Gasteiger partial charge in [0.2, 0.25) is 11.5 Å². The third-order valence-corrected chi connectivity index (χ3v) is 9.09. The first-order valence-corrected chi connectivity index (χ1v) is 14.4. The number of primary amides is 1. The number of nitrogens with two attached hydrogens (primary N) is 1. The standard InChI is InChI=1S/C30H26F4N4O5S/c1-14-37-24-20(42-2)9-16(10-21(24)44-14)26(39)36-12-29(41,30(32,33)34)22-11-19-25(23(38-22)15-3-7-18(31)8-4-15)43-13-28(19,27(35)40)17-5-6-17/h3-4,7-11,17,41H,5-6,12-13H2,1-2H3,(H2,35,40)(H,36,39)/t28-,29+/m1/s1. The predicted molar refractivity (Wildman–Crippen MR) is 152 cm³/mol. The fraction of sp³-hybridized carbons (Fsp3) is 0.333. The van der Waals surface area contributed by atoms with Crippen molar-refractivity contribution in [2.45, 2.75) is 37.0 Å². The highest BCUT2D eigenvalue weighted by Gasteiger charge is 2.60. The summed E-state index contributed by atoms with van der Waals surface area (Å²) in [6.45, 7) is 0.225. The first-order chi connectivity index (χ1) is 20.8. The van der Waals surface area contributed by atoms with Crippen LogP contribution in [0.15, 0.2) is 42.5 Å². The average Bonchev–Trinajstić information content (AvgIpc) is 3.64. The number of nitrogens with zero attached hydrogens (tertiary/aromatic N) is 2. The van der Waals surface area contributed by atoms with E-state index in [1.807, 2.05) is 0 Å². The number of hydrogen-bond donors (Lipinski definition) is 3. The van der Waals surface area contributed by atoms with Gasteiger partial charge in [0.05, 0.1) is 29.1 Å². The summed E-state index contributed by atoms with van der Waals surface area (Å²) in [6, 6.07) is 8.58. The van der Waals surface area contributed by atoms with Gasteiger partial charge in [0.25, 0.3) is 5.91 Å². The zero-order valence-corrected chi connectivity index (χ0v) is 24.2. The van der Waals surface area contributed by atoms with E-state index >= 15 is 0 Å². The number of carbonyl (C=O) groups is 2. The molecule has 3 heterocycles. The SMILES string of the molecule is COc1cc(C(=O)NC[C@](O)(c2cc3c(c(-c4ccc(F)cc4)n2)OC[C@@]3(C(N)=O)C2CC2)C(F)(F)F)cc2sc(C)nc12. The van der Waals surface area contributed by atoms with Crippen molar-refractivity contribution >= 4 is 33.4 Å². The molecule has 0 bridgehead atoms. The number of thiazole rings is 1. The average molecular weight is 631 g/mol. The molecular weight excluding hydrogens is 604 g/mol. The Balaban J connectivity index is 1.44. The summed E-state index contributed by atoms with van der Waals surface area (Å²) in [5, 5.41) is 14.2. The molecule has 14 heteroatoms. The largest absolute Gasteiger partial charge is 0.494 e. The Morgan fingerprint density at radius 2 is 1.89 bits per heavy atom. The molecule has 0 spiro atoms. The van der Waals surface area contributed by atoms with Gasteiger partial charge in [0.15, 0.2) is 0 Å². The summed E-state index contributed by atoms with van der Waals surface area (Å²) in [5.74, 6) is -2.28. The fourth-order valence-corrected chi connectivity index (χ4v) is 6.54. The second-order valence-electron chi connectivity index (χ2n) is 10.9. The normalized spacial score (nSPS) is 19.2. The minimum absolute atomic E-state index is 0.00804. The van der Waals surface area contributed by atoms with Crippen LogP contribution in [0, 0.1) is 18.7 Å². The van der Waals surface area contributed by atoms with E-state index in [0.717, 1.165) is 18.2 Å². The molecule has 6 rings (SSSR count). The molecule has 1 aliphatic heterocycles. The number of methoxy groups -OCH3 is 1. The zero-order valence-electron chi connectivity index (χ0n) is 23.4. The van der Waals surface area contributed by atoms with Gasteiger partial charge in [-0.15, -0.1) is 11.3 Å². The van der Waals surface area contributed by atoms with Crippen molar-refractivity contribution in [3.63, 3.8) is 0 Å². The summed E-state index contributed by atoms with van der Waals surface area (Å²) in [7, 11) is 1.38. The lowest BCUT2D eigenvalue weighted by Crippen LogP contribution is -2.52. The third kappa shape index (κ3) is 4.72. The third-order valence-electron chi connectivity index (χ3n) is 8.18. The molecule has 0 unspecified atom stereocenters. The fourth-order valence-electron chi connectivity index (χ4n) is 5.65. The van der Waals surface area contributed by atoms with E-state index in [1.54, 1.807) is 6.92 Å². The number of rotatable bonds is 8. The van der Waals surface area contributed by atoms with E-state index in [9.17, 15) is 32.3 Å². The molecule has 2 amide bonds. The Morgan fingerprint density at radius 3 is 2.50 bits per heavy atom. The molecule has 2 atom stereocenters. The number of benzene rings is 2. The van der Waals surface area contributed by atoms with Crippen LogP contribution in [0.3, 0.4) is 0 Å². The van der Waals surface area contributed by atoms with Crippen molar-refractivity contribution in [1.29, 1.82) is 0 Å². The molecule has 1 saturated carbocycles. The van der Waals surface area contributed by atoms with Gasteiger partial charge in [0.1, 0.15) is 40.5 Å². The maximum Gasteiger partial charge on any atom is 0.424 e. The molecule has 44 heavy (non-hydrogen) atoms. The molecule has 0 radical (unpaired) electrons. The summed E-state index contributed by atoms with van der Waals surface area (Å²) >= 11 is 1.28. The summed E-state index contributed by atoms with van der Waals surface area (Å²) < 4.78 is 69.9. The van der Waals surface area contributed by atoms with Gasteiger partial charge in [-0.1, -0.05) is 0 Å². The number of carbonyl (C=O) groups excluding carboxylic acids is 2. The molecule has 1 fully saturated rings. The van der Waals surface area contributed by atoms with Gasteiger partial charge in [-0.3, -0.25) is 9.59 Å². The molecule has 4 N–H and O–H groups in total. The summed E-state index contributed by atoms with van der Waals surface area (Å²) in [4.78, 5) is 34.5. The van der Waals surface area contributed by atoms with Crippen LogP contribution >= 0.6 is 11.3 Å². The van der Waals surface area contributed by atoms with E-state index in [1.165, 1.54) is 42.7 Å². The molecule has 2 aromatic carbocycles. The number of nitrogens with one attached hydrogen (secondary N) is 1. The number of aromatic nitrogens is 2. The van der Waals surface area contributed by atoms with Gasteiger partial charge in [0, 0.05) is 16.7 Å². The number of aliphatic hydroxyl groups is 1. The van der Waals surface area contributed by atoms with Crippen LogP contribution in [-0.2, 0) is 15.8 Å². The molecular formula is C30H26F4N4O5S. The number of fused-ring (bicyclic) bond motifs is 2. The number of aryl methyl sites for hydroxylation is 1. The topological polar surface area (TPSA) is 137 Å². The van der Waals surface area contributed by atoms with Gasteiger partial charge in [-0.05, 0) is 68.1 Å². The quantitative estimate of drug-likeness (QED) is 0.244. The maximum atomic E-state index is 14.8. The first kappa shape index (κ1) is 29.8. The lowest BCUT2D eigenvalue weighted by atomic mass is 9.76. The van der Waals surface area contributed by atoms with E-state index < -0.39 is 47.1 Å². The van der Waals surface area contributed by atoms with Crippen molar-refractivity contribution in [2.24, 2.45) is 11.7 Å². The van der Waals surface area contributed by atoms with Crippen LogP contribution < -0.4 is 20.5 Å². The minimum atomic E-state index is -5.34. The molecule has 0 saturated heterocycles. The summed E-state index contributed by atoms with van der Waals surface area (Å²) in [6.07, 6.45) is -4.14. The highest BCUT2D eigenvalue weighted by atomic mass is 32.1. The van der Waals surface area contributed by atoms with Crippen LogP contribution in [-0.4, -0.2) is 53.3 Å². The summed E-state index contributed by atoms with van der Waals surface area (Å²) in [5.41, 5.74) is 0.392. The number of hydrogen-bond acceptors (Lipinski definition) is 8. The van der Waals surface area contributed by atoms with Crippen molar-refractivity contribution in [1.82, 2.24) is 15.3 Å². The van der Waals surface area contributed by atoms with Crippen molar-refractivity contribution in [3.05, 3.63) is 70.1 Å². The Kier molecular flexibility index (Phi) is 7.04. The van der Waals surface area contributed by atoms with Crippen LogP contribution in [0.5, 0.6) is 11.5 Å². The minimum Gasteiger partial charge on any atom is -0.494 e. The van der Waals surface area contributed by atoms with Gasteiger partial charge in [-0.2, -0.15) is 13.2 Å². The number of alkyl halides is 3. The van der Waals surface area contributed by atoms with Crippen LogP contribution in [0.25, 0.3) is 21.5 Å². The smallest absolute Gasteiger partial charge is 0.424 e. The predicted octanol–water partition coefficient (Wildman–Crippen LogP) is 4.52. The molecule has 4 aromatic rings. The van der Waals surface area contributed by atoms with Gasteiger partial charge >= 0.3 is 6.18 Å². The number of amides is 2. The molecule has 9 nitrogen and oxygen atoms in total. The Hall–Kier alpha value is -4.30. The lowest BCUT2D eigenvalue weighted by Gasteiger charge is -2.32. The second kappa shape index (κ2) is 10.4. The molecule has 230 valence electrons. The molecule has 1 aliphatic carbocycles. The van der Waals surface area contributed by atoms with Gasteiger partial charge < -0.3 is 25.6 Å². The van der Waals surface area contributed by atoms with E-state index in [-0.39, 0.29) is 46.4 Å². The van der Waals surface area contributed by atoms with Crippen LogP contribution in [0.1, 0.15) is 39.5 Å². The molecule has 2 aromatic heterocycles. The van der Waals surface area contributed by atoms with Crippen molar-refractivity contribution < 1.29 is 41.7 Å². The first-order valence-electron chi connectivity index (χ1n) is 13.6. The maximum absolute atomic E-state index is 14.8. The number of pyridine rings is 1. The Bertz CT molecular complexity index is 1810. The van der Waals surface area contributed by atoms with Crippen LogP contribution in [0.2, 0.25) is 0 Å². The van der Waals surface area contributed by atoms with E-state index in [2.05, 4.69) is 15.3 Å². The molecule has 2 aliphatic rings. The Labute approximate surface area is 252 Å². The number of halogens is 4. The number of ether oxygens (including phenoxy) is 2. The van der Waals surface area contributed by atoms with Crippen molar-refractivity contribution in [3.8, 4) is 22.8 Å². The van der Waals surface area contributed by atoms with Crippen molar-refractivity contribution in [2.75, 3.05) is 20.3 Å².